The van der Waals surface area contributed by atoms with Gasteiger partial charge in [0.25, 0.3) is 11.5 Å². The zero-order valence-electron chi connectivity index (χ0n) is 21.4. The highest BCUT2D eigenvalue weighted by Gasteiger charge is 2.25. The number of methoxy groups -OCH3 is 1. The van der Waals surface area contributed by atoms with Crippen LogP contribution in [-0.4, -0.2) is 48.6 Å². The van der Waals surface area contributed by atoms with E-state index < -0.39 is 5.91 Å². The molecule has 0 atom stereocenters. The number of benzene rings is 1. The lowest BCUT2D eigenvalue weighted by Gasteiger charge is -2.33. The minimum Gasteiger partial charge on any atom is -0.385 e. The first-order chi connectivity index (χ1) is 18.0. The summed E-state index contributed by atoms with van der Waals surface area (Å²) in [6, 6.07) is 16.2. The standard InChI is InChI=1S/C29H33N5O3/c1-21-8-6-14-34-26(21)32-27(33-15-11-23(12-16-33)18-22-9-4-3-5-10-22)25(29(34)36)19-24(20-30)28(35)31-13-7-17-37-2/h3-6,8-10,14,19,23H,7,11-13,15-18H2,1-2H3,(H,31,35). The van der Waals surface area contributed by atoms with Crippen LogP contribution >= 0.6 is 0 Å². The van der Waals surface area contributed by atoms with Crippen LogP contribution in [0.2, 0.25) is 0 Å². The molecule has 3 heterocycles. The number of carbonyl (C=O) groups excluding carboxylic acids is 1. The molecule has 1 aromatic carbocycles. The van der Waals surface area contributed by atoms with Gasteiger partial charge in [-0.3, -0.25) is 14.0 Å². The molecule has 37 heavy (non-hydrogen) atoms. The van der Waals surface area contributed by atoms with E-state index in [1.807, 2.05) is 25.1 Å². The third kappa shape index (κ3) is 6.25. The van der Waals surface area contributed by atoms with E-state index in [-0.39, 0.29) is 16.7 Å². The number of anilines is 1. The number of hydrogen-bond acceptors (Lipinski definition) is 6. The lowest BCUT2D eigenvalue weighted by molar-refractivity contribution is -0.117. The van der Waals surface area contributed by atoms with Gasteiger partial charge in [0.1, 0.15) is 23.1 Å². The van der Waals surface area contributed by atoms with Crippen LogP contribution in [0.4, 0.5) is 5.82 Å². The number of nitrogens with one attached hydrogen (secondary N) is 1. The predicted octanol–water partition coefficient (Wildman–Crippen LogP) is 3.52. The van der Waals surface area contributed by atoms with Crippen LogP contribution in [-0.2, 0) is 16.0 Å². The number of nitriles is 1. The van der Waals surface area contributed by atoms with Crippen molar-refractivity contribution < 1.29 is 9.53 Å². The zero-order valence-corrected chi connectivity index (χ0v) is 21.4. The fraction of sp³-hybridized carbons (Fsp3) is 0.379. The summed E-state index contributed by atoms with van der Waals surface area (Å²) in [5.41, 5.74) is 2.63. The molecule has 1 fully saturated rings. The second kappa shape index (κ2) is 12.3. The average molecular weight is 500 g/mol. The normalized spacial score (nSPS) is 14.5. The number of amides is 1. The molecule has 8 nitrogen and oxygen atoms in total. The largest absolute Gasteiger partial charge is 0.385 e. The summed E-state index contributed by atoms with van der Waals surface area (Å²) in [6.45, 7) is 4.30. The Morgan fingerprint density at radius 2 is 1.97 bits per heavy atom. The Kier molecular flexibility index (Phi) is 8.70. The highest BCUT2D eigenvalue weighted by Crippen LogP contribution is 2.27. The molecule has 0 radical (unpaired) electrons. The van der Waals surface area contributed by atoms with Gasteiger partial charge in [-0.15, -0.1) is 0 Å². The van der Waals surface area contributed by atoms with Gasteiger partial charge < -0.3 is 15.0 Å². The molecule has 0 saturated carbocycles. The van der Waals surface area contributed by atoms with Gasteiger partial charge in [-0.05, 0) is 61.8 Å². The van der Waals surface area contributed by atoms with Crippen LogP contribution in [0.15, 0.2) is 59.0 Å². The maximum absolute atomic E-state index is 13.6. The summed E-state index contributed by atoms with van der Waals surface area (Å²) in [6.07, 6.45) is 6.65. The number of pyridine rings is 1. The molecule has 192 valence electrons. The Labute approximate surface area is 217 Å². The Balaban J connectivity index is 1.64. The van der Waals surface area contributed by atoms with E-state index in [2.05, 4.69) is 34.5 Å². The number of rotatable bonds is 9. The van der Waals surface area contributed by atoms with Gasteiger partial charge in [-0.2, -0.15) is 5.26 Å². The van der Waals surface area contributed by atoms with Gasteiger partial charge in [0.2, 0.25) is 0 Å². The second-order valence-corrected chi connectivity index (χ2v) is 9.43. The maximum atomic E-state index is 13.6. The van der Waals surface area contributed by atoms with Crippen molar-refractivity contribution in [1.82, 2.24) is 14.7 Å². The Morgan fingerprint density at radius 1 is 1.22 bits per heavy atom. The van der Waals surface area contributed by atoms with E-state index in [0.717, 1.165) is 37.9 Å². The maximum Gasteiger partial charge on any atom is 0.267 e. The predicted molar refractivity (Wildman–Crippen MR) is 144 cm³/mol. The molecule has 1 saturated heterocycles. The molecular formula is C29H33N5O3. The Bertz CT molecular complexity index is 1370. The van der Waals surface area contributed by atoms with Crippen LogP contribution in [0.1, 0.15) is 36.0 Å². The molecule has 1 N–H and O–H groups in total. The smallest absolute Gasteiger partial charge is 0.267 e. The van der Waals surface area contributed by atoms with Gasteiger partial charge in [-0.1, -0.05) is 36.4 Å². The Morgan fingerprint density at radius 3 is 2.68 bits per heavy atom. The summed E-state index contributed by atoms with van der Waals surface area (Å²) in [4.78, 5) is 33.3. The van der Waals surface area contributed by atoms with E-state index >= 15 is 0 Å². The van der Waals surface area contributed by atoms with E-state index in [0.29, 0.717) is 37.0 Å². The van der Waals surface area contributed by atoms with Crippen LogP contribution in [0.3, 0.4) is 0 Å². The van der Waals surface area contributed by atoms with Crippen molar-refractivity contribution in [2.45, 2.75) is 32.6 Å². The van der Waals surface area contributed by atoms with E-state index in [1.54, 1.807) is 19.4 Å². The first kappa shape index (κ1) is 26.1. The van der Waals surface area contributed by atoms with Crippen molar-refractivity contribution in [3.05, 3.63) is 81.3 Å². The minimum atomic E-state index is -0.514. The molecule has 0 unspecified atom stereocenters. The highest BCUT2D eigenvalue weighted by molar-refractivity contribution is 6.02. The number of aryl methyl sites for hydroxylation is 1. The lowest BCUT2D eigenvalue weighted by Crippen LogP contribution is -2.37. The van der Waals surface area contributed by atoms with Gasteiger partial charge in [0.15, 0.2) is 0 Å². The van der Waals surface area contributed by atoms with E-state index in [9.17, 15) is 14.9 Å². The molecule has 3 aromatic rings. The van der Waals surface area contributed by atoms with Crippen molar-refractivity contribution in [2.24, 2.45) is 5.92 Å². The summed E-state index contributed by atoms with van der Waals surface area (Å²) >= 11 is 0. The molecule has 1 aliphatic heterocycles. The SMILES string of the molecule is COCCCNC(=O)C(C#N)=Cc1c(N2CCC(Cc3ccccc3)CC2)nc2c(C)cccn2c1=O. The van der Waals surface area contributed by atoms with Crippen molar-refractivity contribution in [3.63, 3.8) is 0 Å². The van der Waals surface area contributed by atoms with Crippen molar-refractivity contribution >= 4 is 23.4 Å². The van der Waals surface area contributed by atoms with Gasteiger partial charge in [0, 0.05) is 39.5 Å². The van der Waals surface area contributed by atoms with Crippen LogP contribution in [0.5, 0.6) is 0 Å². The first-order valence-corrected chi connectivity index (χ1v) is 12.7. The summed E-state index contributed by atoms with van der Waals surface area (Å²) in [5.74, 6) is 0.561. The quantitative estimate of drug-likeness (QED) is 0.275. The molecule has 8 heteroatoms. The van der Waals surface area contributed by atoms with Crippen LogP contribution in [0.25, 0.3) is 11.7 Å². The molecule has 0 bridgehead atoms. The number of ether oxygens (including phenoxy) is 1. The topological polar surface area (TPSA) is 99.7 Å². The minimum absolute atomic E-state index is 0.121. The fourth-order valence-corrected chi connectivity index (χ4v) is 4.77. The summed E-state index contributed by atoms with van der Waals surface area (Å²) in [5, 5.41) is 12.5. The number of fused-ring (bicyclic) bond motifs is 1. The molecular weight excluding hydrogens is 466 g/mol. The van der Waals surface area contributed by atoms with Gasteiger partial charge >= 0.3 is 0 Å². The third-order valence-corrected chi connectivity index (χ3v) is 6.81. The number of aromatic nitrogens is 2. The average Bonchev–Trinajstić information content (AvgIpc) is 2.92. The number of piperidine rings is 1. The molecule has 0 aliphatic carbocycles. The highest BCUT2D eigenvalue weighted by atomic mass is 16.5. The Hall–Kier alpha value is -3.96. The zero-order chi connectivity index (χ0) is 26.2. The summed E-state index contributed by atoms with van der Waals surface area (Å²) in [7, 11) is 1.59. The molecule has 2 aromatic heterocycles. The number of nitrogens with zero attached hydrogens (tertiary/aromatic N) is 4. The van der Waals surface area contributed by atoms with Crippen LogP contribution < -0.4 is 15.8 Å². The molecule has 1 amide bonds. The second-order valence-electron chi connectivity index (χ2n) is 9.43. The summed E-state index contributed by atoms with van der Waals surface area (Å²) < 4.78 is 6.49. The molecule has 4 rings (SSSR count). The van der Waals surface area contributed by atoms with Gasteiger partial charge in [-0.25, -0.2) is 4.98 Å². The molecule has 1 aliphatic rings. The van der Waals surface area contributed by atoms with E-state index in [1.165, 1.54) is 16.0 Å². The monoisotopic (exact) mass is 499 g/mol. The first-order valence-electron chi connectivity index (χ1n) is 12.7. The lowest BCUT2D eigenvalue weighted by atomic mass is 9.90. The number of carbonyl (C=O) groups is 1. The van der Waals surface area contributed by atoms with E-state index in [4.69, 9.17) is 9.72 Å². The van der Waals surface area contributed by atoms with Gasteiger partial charge in [0.05, 0.1) is 5.56 Å². The number of hydrogen-bond donors (Lipinski definition) is 1. The van der Waals surface area contributed by atoms with Crippen molar-refractivity contribution in [1.29, 1.82) is 5.26 Å². The fourth-order valence-electron chi connectivity index (χ4n) is 4.77. The van der Waals surface area contributed by atoms with Crippen molar-refractivity contribution in [3.8, 4) is 6.07 Å². The van der Waals surface area contributed by atoms with Crippen molar-refractivity contribution in [2.75, 3.05) is 38.3 Å². The molecule has 0 spiro atoms. The van der Waals surface area contributed by atoms with Crippen LogP contribution in [0, 0.1) is 24.2 Å². The third-order valence-electron chi connectivity index (χ3n) is 6.81.